The number of aliphatic imine (C=N–C) groups is 1. The van der Waals surface area contributed by atoms with Gasteiger partial charge in [0.15, 0.2) is 5.96 Å². The van der Waals surface area contributed by atoms with Gasteiger partial charge in [0.25, 0.3) is 0 Å². The molecule has 0 aliphatic rings. The number of nitrogens with zero attached hydrogens (tertiary/aromatic N) is 2. The standard InChI is InChI=1S/C18H34N4OS/c1-7-19-17(21-14-18(4,5)23-6)20-12-16(22(8-2)9-3)15-10-11-24-13-15/h10-11,13,16H,7-9,12,14H2,1-6H3,(H2,19,20,21). The predicted molar refractivity (Wildman–Crippen MR) is 105 cm³/mol. The summed E-state index contributed by atoms with van der Waals surface area (Å²) in [6, 6.07) is 2.57. The van der Waals surface area contributed by atoms with Gasteiger partial charge >= 0.3 is 0 Å². The smallest absolute Gasteiger partial charge is 0.191 e. The lowest BCUT2D eigenvalue weighted by molar-refractivity contribution is 0.0310. The molecule has 0 aliphatic heterocycles. The maximum atomic E-state index is 5.45. The fourth-order valence-corrected chi connectivity index (χ4v) is 3.16. The summed E-state index contributed by atoms with van der Waals surface area (Å²) < 4.78 is 5.45. The maximum absolute atomic E-state index is 5.45. The molecule has 0 fully saturated rings. The molecule has 1 atom stereocenters. The summed E-state index contributed by atoms with van der Waals surface area (Å²) in [5.74, 6) is 0.843. The Kier molecular flexibility index (Phi) is 9.33. The van der Waals surface area contributed by atoms with Crippen molar-refractivity contribution in [2.45, 2.75) is 46.3 Å². The lowest BCUT2D eigenvalue weighted by Gasteiger charge is -2.30. The quantitative estimate of drug-likeness (QED) is 0.501. The molecule has 0 bridgehead atoms. The Morgan fingerprint density at radius 2 is 2.00 bits per heavy atom. The Morgan fingerprint density at radius 1 is 1.29 bits per heavy atom. The second kappa shape index (κ2) is 10.7. The Labute approximate surface area is 151 Å². The molecule has 1 heterocycles. The molecule has 0 saturated heterocycles. The van der Waals surface area contributed by atoms with E-state index in [0.717, 1.165) is 32.1 Å². The SMILES string of the molecule is CCNC(=NCC(C)(C)OC)NCC(c1ccsc1)N(CC)CC. The van der Waals surface area contributed by atoms with E-state index in [2.05, 4.69) is 58.1 Å². The van der Waals surface area contributed by atoms with Crippen molar-refractivity contribution in [3.63, 3.8) is 0 Å². The highest BCUT2D eigenvalue weighted by atomic mass is 32.1. The number of guanidine groups is 1. The molecule has 1 aromatic heterocycles. The molecule has 24 heavy (non-hydrogen) atoms. The van der Waals surface area contributed by atoms with Gasteiger partial charge in [-0.05, 0) is 56.3 Å². The monoisotopic (exact) mass is 354 g/mol. The van der Waals surface area contributed by atoms with Crippen molar-refractivity contribution in [2.75, 3.05) is 39.8 Å². The Morgan fingerprint density at radius 3 is 2.50 bits per heavy atom. The van der Waals surface area contributed by atoms with Crippen LogP contribution in [0.15, 0.2) is 21.8 Å². The molecule has 5 nitrogen and oxygen atoms in total. The summed E-state index contributed by atoms with van der Waals surface area (Å²) in [7, 11) is 1.73. The third-order valence-corrected chi connectivity index (χ3v) is 4.86. The van der Waals surface area contributed by atoms with Crippen LogP contribution in [-0.2, 0) is 4.74 Å². The average Bonchev–Trinajstić information content (AvgIpc) is 3.10. The van der Waals surface area contributed by atoms with Gasteiger partial charge in [0.1, 0.15) is 0 Å². The van der Waals surface area contributed by atoms with Gasteiger partial charge in [0, 0.05) is 20.2 Å². The fraction of sp³-hybridized carbons (Fsp3) is 0.722. The van der Waals surface area contributed by atoms with Gasteiger partial charge in [-0.15, -0.1) is 0 Å². The van der Waals surface area contributed by atoms with E-state index in [4.69, 9.17) is 4.74 Å². The summed E-state index contributed by atoms with van der Waals surface area (Å²) in [5, 5.41) is 11.2. The Hall–Kier alpha value is -1.11. The van der Waals surface area contributed by atoms with Crippen LogP contribution in [0.4, 0.5) is 0 Å². The lowest BCUT2D eigenvalue weighted by Crippen LogP contribution is -2.44. The minimum absolute atomic E-state index is 0.256. The van der Waals surface area contributed by atoms with Gasteiger partial charge in [-0.2, -0.15) is 11.3 Å². The first-order valence-corrected chi connectivity index (χ1v) is 9.75. The highest BCUT2D eigenvalue weighted by molar-refractivity contribution is 7.07. The molecular weight excluding hydrogens is 320 g/mol. The van der Waals surface area contributed by atoms with E-state index in [1.807, 2.05) is 13.8 Å². The largest absolute Gasteiger partial charge is 0.377 e. The second-order valence-corrected chi connectivity index (χ2v) is 7.11. The first-order chi connectivity index (χ1) is 11.5. The molecule has 0 aromatic carbocycles. The normalized spacial score (nSPS) is 14.0. The minimum atomic E-state index is -0.256. The van der Waals surface area contributed by atoms with Crippen LogP contribution in [0.25, 0.3) is 0 Å². The third kappa shape index (κ3) is 6.79. The summed E-state index contributed by atoms with van der Waals surface area (Å²) in [4.78, 5) is 7.14. The number of nitrogens with one attached hydrogen (secondary N) is 2. The zero-order valence-electron chi connectivity index (χ0n) is 16.1. The minimum Gasteiger partial charge on any atom is -0.377 e. The molecule has 0 saturated carbocycles. The van der Waals surface area contributed by atoms with Crippen LogP contribution in [0.5, 0.6) is 0 Å². The number of thiophene rings is 1. The van der Waals surface area contributed by atoms with Crippen molar-refractivity contribution in [2.24, 2.45) is 4.99 Å². The first kappa shape index (κ1) is 20.9. The molecule has 1 rings (SSSR count). The number of methoxy groups -OCH3 is 1. The number of ether oxygens (including phenoxy) is 1. The molecule has 6 heteroatoms. The maximum Gasteiger partial charge on any atom is 0.191 e. The molecular formula is C18H34N4OS. The van der Waals surface area contributed by atoms with E-state index in [9.17, 15) is 0 Å². The number of likely N-dealkylation sites (N-methyl/N-ethyl adjacent to an activating group) is 1. The topological polar surface area (TPSA) is 48.9 Å². The van der Waals surface area contributed by atoms with Crippen molar-refractivity contribution < 1.29 is 4.74 Å². The fourth-order valence-electron chi connectivity index (χ4n) is 2.46. The average molecular weight is 355 g/mol. The Bertz CT molecular complexity index is 469. The number of hydrogen-bond donors (Lipinski definition) is 2. The van der Waals surface area contributed by atoms with E-state index in [0.29, 0.717) is 12.6 Å². The molecule has 1 unspecified atom stereocenters. The van der Waals surface area contributed by atoms with Crippen LogP contribution in [0, 0.1) is 0 Å². The van der Waals surface area contributed by atoms with E-state index in [1.165, 1.54) is 5.56 Å². The van der Waals surface area contributed by atoms with Crippen molar-refractivity contribution >= 4 is 17.3 Å². The molecule has 2 N–H and O–H groups in total. The predicted octanol–water partition coefficient (Wildman–Crippen LogP) is 3.11. The van der Waals surface area contributed by atoms with Crippen molar-refractivity contribution in [3.05, 3.63) is 22.4 Å². The molecule has 0 amide bonds. The van der Waals surface area contributed by atoms with Gasteiger partial charge in [-0.3, -0.25) is 9.89 Å². The zero-order valence-corrected chi connectivity index (χ0v) is 16.9. The van der Waals surface area contributed by atoms with Crippen LogP contribution >= 0.6 is 11.3 Å². The second-order valence-electron chi connectivity index (χ2n) is 6.33. The van der Waals surface area contributed by atoms with Crippen molar-refractivity contribution in [3.8, 4) is 0 Å². The van der Waals surface area contributed by atoms with Gasteiger partial charge < -0.3 is 15.4 Å². The van der Waals surface area contributed by atoms with E-state index in [1.54, 1.807) is 18.4 Å². The molecule has 0 spiro atoms. The van der Waals surface area contributed by atoms with Crippen LogP contribution in [0.3, 0.4) is 0 Å². The van der Waals surface area contributed by atoms with Crippen LogP contribution < -0.4 is 10.6 Å². The highest BCUT2D eigenvalue weighted by Gasteiger charge is 2.19. The Balaban J connectivity index is 2.79. The summed E-state index contributed by atoms with van der Waals surface area (Å²) in [6.45, 7) is 14.9. The van der Waals surface area contributed by atoms with Gasteiger partial charge in [-0.25, -0.2) is 0 Å². The summed E-state index contributed by atoms with van der Waals surface area (Å²) >= 11 is 1.75. The molecule has 1 aromatic rings. The molecule has 138 valence electrons. The van der Waals surface area contributed by atoms with E-state index < -0.39 is 0 Å². The first-order valence-electron chi connectivity index (χ1n) is 8.80. The molecule has 0 radical (unpaired) electrons. The third-order valence-electron chi connectivity index (χ3n) is 4.16. The van der Waals surface area contributed by atoms with Gasteiger partial charge in [0.05, 0.1) is 18.2 Å². The summed E-state index contributed by atoms with van der Waals surface area (Å²) in [6.07, 6.45) is 0. The zero-order chi connectivity index (χ0) is 18.0. The highest BCUT2D eigenvalue weighted by Crippen LogP contribution is 2.22. The summed E-state index contributed by atoms with van der Waals surface area (Å²) in [5.41, 5.74) is 1.11. The van der Waals surface area contributed by atoms with E-state index >= 15 is 0 Å². The van der Waals surface area contributed by atoms with Gasteiger partial charge in [0.2, 0.25) is 0 Å². The lowest BCUT2D eigenvalue weighted by atomic mass is 10.1. The van der Waals surface area contributed by atoms with E-state index in [-0.39, 0.29) is 5.60 Å². The van der Waals surface area contributed by atoms with Crippen molar-refractivity contribution in [1.29, 1.82) is 0 Å². The molecule has 0 aliphatic carbocycles. The van der Waals surface area contributed by atoms with Crippen LogP contribution in [0.1, 0.15) is 46.2 Å². The van der Waals surface area contributed by atoms with Gasteiger partial charge in [-0.1, -0.05) is 13.8 Å². The van der Waals surface area contributed by atoms with Crippen molar-refractivity contribution in [1.82, 2.24) is 15.5 Å². The number of hydrogen-bond acceptors (Lipinski definition) is 4. The number of rotatable bonds is 10. The van der Waals surface area contributed by atoms with Crippen LogP contribution in [-0.4, -0.2) is 56.3 Å². The van der Waals surface area contributed by atoms with Crippen LogP contribution in [0.2, 0.25) is 0 Å².